The molecule has 2 aliphatic rings. The maximum Gasteiger partial charge on any atom is 0.343 e. The van der Waals surface area contributed by atoms with Crippen LogP contribution in [-0.4, -0.2) is 39.4 Å². The molecule has 0 spiro atoms. The lowest BCUT2D eigenvalue weighted by molar-refractivity contribution is 0.201. The van der Waals surface area contributed by atoms with Crippen LogP contribution < -0.4 is 20.5 Å². The Labute approximate surface area is 221 Å². The van der Waals surface area contributed by atoms with Gasteiger partial charge in [-0.25, -0.2) is 23.7 Å². The molecule has 0 aliphatic heterocycles. The van der Waals surface area contributed by atoms with Crippen molar-refractivity contribution in [1.29, 1.82) is 0 Å². The van der Waals surface area contributed by atoms with Crippen LogP contribution in [0.4, 0.5) is 4.79 Å². The number of fused-ring (bicyclic) bond motifs is 1. The number of carbonyl (C=O) groups excluding carboxylic acids is 1. The summed E-state index contributed by atoms with van der Waals surface area (Å²) in [5.41, 5.74) is 2.60. The van der Waals surface area contributed by atoms with Crippen LogP contribution in [0.1, 0.15) is 51.4 Å². The van der Waals surface area contributed by atoms with Crippen molar-refractivity contribution in [3.05, 3.63) is 71.3 Å². The fourth-order valence-corrected chi connectivity index (χ4v) is 5.70. The number of hydrogen-bond donors (Lipinski definition) is 1. The fourth-order valence-electron chi connectivity index (χ4n) is 5.70. The summed E-state index contributed by atoms with van der Waals surface area (Å²) in [5, 5.41) is 3.03. The van der Waals surface area contributed by atoms with Crippen molar-refractivity contribution in [2.24, 2.45) is 0 Å². The molecule has 0 radical (unpaired) electrons. The molecule has 8 nitrogen and oxygen atoms in total. The molecule has 2 aromatic heterocycles. The summed E-state index contributed by atoms with van der Waals surface area (Å²) in [6.07, 6.45) is 10.5. The van der Waals surface area contributed by atoms with Gasteiger partial charge in [0, 0.05) is 17.8 Å². The number of pyridine rings is 1. The number of methoxy groups -OCH3 is 1. The molecule has 2 saturated carbocycles. The van der Waals surface area contributed by atoms with Gasteiger partial charge in [-0.2, -0.15) is 0 Å². The zero-order chi connectivity index (χ0) is 26.1. The van der Waals surface area contributed by atoms with Gasteiger partial charge >= 0.3 is 11.7 Å². The Balaban J connectivity index is 1.33. The maximum absolute atomic E-state index is 13.5. The molecule has 0 unspecified atom stereocenters. The topological polar surface area (TPSA) is 87.4 Å². The monoisotopic (exact) mass is 512 g/mol. The number of rotatable bonds is 6. The lowest BCUT2D eigenvalue weighted by Crippen LogP contribution is -2.41. The van der Waals surface area contributed by atoms with Crippen molar-refractivity contribution >= 4 is 17.1 Å². The molecule has 6 rings (SSSR count). The largest absolute Gasteiger partial charge is 0.493 e. The van der Waals surface area contributed by atoms with Crippen LogP contribution in [0.15, 0.2) is 65.6 Å². The van der Waals surface area contributed by atoms with E-state index >= 15 is 0 Å². The van der Waals surface area contributed by atoms with E-state index in [1.165, 1.54) is 22.0 Å². The van der Waals surface area contributed by atoms with Crippen molar-refractivity contribution < 1.29 is 14.3 Å². The minimum Gasteiger partial charge on any atom is -0.493 e. The molecule has 2 fully saturated rings. The van der Waals surface area contributed by atoms with Crippen LogP contribution in [0, 0.1) is 0 Å². The third-order valence-electron chi connectivity index (χ3n) is 7.70. The van der Waals surface area contributed by atoms with E-state index in [4.69, 9.17) is 9.47 Å². The van der Waals surface area contributed by atoms with Crippen molar-refractivity contribution in [3.8, 4) is 28.4 Å². The molecule has 0 saturated heterocycles. The molecule has 38 heavy (non-hydrogen) atoms. The molecule has 196 valence electrons. The highest BCUT2D eigenvalue weighted by Gasteiger charge is 2.24. The van der Waals surface area contributed by atoms with Crippen LogP contribution in [0.2, 0.25) is 0 Å². The third kappa shape index (κ3) is 4.55. The van der Waals surface area contributed by atoms with E-state index in [2.05, 4.69) is 10.3 Å². The van der Waals surface area contributed by atoms with E-state index < -0.39 is 5.69 Å². The number of hydrogen-bond acceptors (Lipinski definition) is 5. The first-order valence-corrected chi connectivity index (χ1v) is 13.5. The average Bonchev–Trinajstić information content (AvgIpc) is 3.70. The van der Waals surface area contributed by atoms with E-state index in [0.717, 1.165) is 55.4 Å². The molecule has 2 aromatic carbocycles. The van der Waals surface area contributed by atoms with Gasteiger partial charge in [0.2, 0.25) is 0 Å². The zero-order valence-corrected chi connectivity index (χ0v) is 21.6. The average molecular weight is 513 g/mol. The highest BCUT2D eigenvalue weighted by Crippen LogP contribution is 2.35. The minimum atomic E-state index is -0.432. The molecular formula is C30H32N4O4. The van der Waals surface area contributed by atoms with E-state index in [9.17, 15) is 9.59 Å². The Morgan fingerprint density at radius 3 is 2.32 bits per heavy atom. The van der Waals surface area contributed by atoms with Crippen LogP contribution in [0.5, 0.6) is 11.5 Å². The molecule has 2 aliphatic carbocycles. The second-order valence-electron chi connectivity index (χ2n) is 10.2. The Hall–Kier alpha value is -4.07. The maximum atomic E-state index is 13.5. The first-order chi connectivity index (χ1) is 18.6. The summed E-state index contributed by atoms with van der Waals surface area (Å²) in [5.74, 6) is 1.90. The first-order valence-electron chi connectivity index (χ1n) is 13.5. The van der Waals surface area contributed by atoms with Gasteiger partial charge in [0.05, 0.1) is 24.2 Å². The van der Waals surface area contributed by atoms with Crippen molar-refractivity contribution in [3.63, 3.8) is 0 Å². The van der Waals surface area contributed by atoms with E-state index in [1.807, 2.05) is 48.5 Å². The molecule has 0 bridgehead atoms. The van der Waals surface area contributed by atoms with Crippen molar-refractivity contribution in [1.82, 2.24) is 19.4 Å². The zero-order valence-electron chi connectivity index (χ0n) is 21.6. The van der Waals surface area contributed by atoms with Crippen molar-refractivity contribution in [2.75, 3.05) is 7.11 Å². The predicted octanol–water partition coefficient (Wildman–Crippen LogP) is 5.68. The number of nitrogens with one attached hydrogen (secondary N) is 1. The quantitative estimate of drug-likeness (QED) is 0.359. The Morgan fingerprint density at radius 1 is 0.895 bits per heavy atom. The van der Waals surface area contributed by atoms with Gasteiger partial charge in [-0.1, -0.05) is 31.0 Å². The number of ether oxygens (including phenoxy) is 2. The van der Waals surface area contributed by atoms with Gasteiger partial charge < -0.3 is 14.8 Å². The molecule has 0 atom stereocenters. The molecule has 2 heterocycles. The van der Waals surface area contributed by atoms with Crippen LogP contribution >= 0.6 is 0 Å². The Bertz CT molecular complexity index is 1510. The number of nitrogens with zero attached hydrogens (tertiary/aromatic N) is 3. The fraction of sp³-hybridized carbons (Fsp3) is 0.367. The standard InChI is InChI=1S/C30H32N4O4/c1-37-26-16-14-20(18-27(26)38-23-10-4-5-11-23)21-15-17-28(31-19-21)33-24-12-6-7-13-25(24)34(30(33)36)29(35)32-22-8-2-3-9-22/h6-7,12-19,22-23H,2-5,8-11H2,1H3,(H,32,35). The Morgan fingerprint density at radius 2 is 1.61 bits per heavy atom. The molecular weight excluding hydrogens is 480 g/mol. The summed E-state index contributed by atoms with van der Waals surface area (Å²) in [6.45, 7) is 0. The lowest BCUT2D eigenvalue weighted by Gasteiger charge is -2.17. The smallest absolute Gasteiger partial charge is 0.343 e. The second kappa shape index (κ2) is 10.4. The first kappa shape index (κ1) is 24.3. The number of benzene rings is 2. The lowest BCUT2D eigenvalue weighted by atomic mass is 10.1. The predicted molar refractivity (Wildman–Crippen MR) is 146 cm³/mol. The van der Waals surface area contributed by atoms with E-state index in [-0.39, 0.29) is 18.2 Å². The number of imidazole rings is 1. The summed E-state index contributed by atoms with van der Waals surface area (Å²) in [7, 11) is 1.65. The van der Waals surface area contributed by atoms with Crippen molar-refractivity contribution in [2.45, 2.75) is 63.5 Å². The van der Waals surface area contributed by atoms with E-state index in [0.29, 0.717) is 22.6 Å². The number of carbonyl (C=O) groups is 1. The number of amides is 1. The minimum absolute atomic E-state index is 0.112. The van der Waals surface area contributed by atoms with Crippen LogP contribution in [-0.2, 0) is 0 Å². The summed E-state index contributed by atoms with van der Waals surface area (Å²) in [4.78, 5) is 31.3. The Kier molecular flexibility index (Phi) is 6.62. The highest BCUT2D eigenvalue weighted by molar-refractivity contribution is 5.90. The molecule has 4 aromatic rings. The third-order valence-corrected chi connectivity index (χ3v) is 7.70. The molecule has 8 heteroatoms. The number of para-hydroxylation sites is 2. The van der Waals surface area contributed by atoms with Gasteiger partial charge in [-0.05, 0) is 80.5 Å². The van der Waals surface area contributed by atoms with Gasteiger partial charge in [-0.15, -0.1) is 0 Å². The summed E-state index contributed by atoms with van der Waals surface area (Å²) in [6, 6.07) is 16.6. The van der Waals surface area contributed by atoms with Crippen LogP contribution in [0.3, 0.4) is 0 Å². The molecule has 1 N–H and O–H groups in total. The van der Waals surface area contributed by atoms with Crippen LogP contribution in [0.25, 0.3) is 28.0 Å². The van der Waals surface area contributed by atoms with Gasteiger partial charge in [0.25, 0.3) is 0 Å². The normalized spacial score (nSPS) is 16.2. The number of aromatic nitrogens is 3. The summed E-state index contributed by atoms with van der Waals surface area (Å²) < 4.78 is 14.5. The molecule has 1 amide bonds. The summed E-state index contributed by atoms with van der Waals surface area (Å²) >= 11 is 0. The van der Waals surface area contributed by atoms with Gasteiger partial charge in [0.15, 0.2) is 11.5 Å². The van der Waals surface area contributed by atoms with Gasteiger partial charge in [-0.3, -0.25) is 0 Å². The van der Waals surface area contributed by atoms with E-state index in [1.54, 1.807) is 19.4 Å². The highest BCUT2D eigenvalue weighted by atomic mass is 16.5. The second-order valence-corrected chi connectivity index (χ2v) is 10.2. The van der Waals surface area contributed by atoms with Gasteiger partial charge in [0.1, 0.15) is 5.82 Å². The SMILES string of the molecule is COc1ccc(-c2ccc(-n3c(=O)n(C(=O)NC4CCCC4)c4ccccc43)nc2)cc1OC1CCCC1.